The van der Waals surface area contributed by atoms with E-state index in [9.17, 15) is 0 Å². The average Bonchev–Trinajstić information content (AvgIpc) is 2.46. The Hall–Kier alpha value is -0.860. The lowest BCUT2D eigenvalue weighted by molar-refractivity contribution is 0.00912. The molecule has 106 valence electrons. The van der Waals surface area contributed by atoms with Gasteiger partial charge >= 0.3 is 0 Å². The van der Waals surface area contributed by atoms with Crippen LogP contribution in [0, 0.1) is 0 Å². The van der Waals surface area contributed by atoms with Gasteiger partial charge in [0.15, 0.2) is 0 Å². The lowest BCUT2D eigenvalue weighted by Crippen LogP contribution is -2.21. The summed E-state index contributed by atoms with van der Waals surface area (Å²) in [4.78, 5) is 0. The molecule has 2 atom stereocenters. The highest BCUT2D eigenvalue weighted by Gasteiger charge is 2.15. The molecular formula is C17H27NO. The van der Waals surface area contributed by atoms with Gasteiger partial charge in [-0.25, -0.2) is 0 Å². The van der Waals surface area contributed by atoms with Crippen LogP contribution in [0.5, 0.6) is 0 Å². The normalized spacial score (nSPS) is 21.6. The number of nitrogens with two attached hydrogens (primary N) is 1. The zero-order chi connectivity index (χ0) is 13.7. The summed E-state index contributed by atoms with van der Waals surface area (Å²) < 4.78 is 5.76. The van der Waals surface area contributed by atoms with Crippen LogP contribution in [-0.4, -0.2) is 12.7 Å². The monoisotopic (exact) mass is 261 g/mol. The maximum atomic E-state index is 6.28. The highest BCUT2D eigenvalue weighted by atomic mass is 16.5. The van der Waals surface area contributed by atoms with Crippen LogP contribution in [0.2, 0.25) is 0 Å². The zero-order valence-electron chi connectivity index (χ0n) is 12.3. The van der Waals surface area contributed by atoms with Crippen LogP contribution in [0.1, 0.15) is 69.0 Å². The average molecular weight is 261 g/mol. The fraction of sp³-hybridized carbons (Fsp3) is 0.647. The number of ether oxygens (including phenoxy) is 1. The van der Waals surface area contributed by atoms with Crippen LogP contribution in [0.4, 0.5) is 0 Å². The molecule has 0 saturated carbocycles. The summed E-state index contributed by atoms with van der Waals surface area (Å²) in [5.74, 6) is 0.584. The molecule has 2 rings (SSSR count). The van der Waals surface area contributed by atoms with Crippen molar-refractivity contribution in [1.29, 1.82) is 0 Å². The van der Waals surface area contributed by atoms with Crippen LogP contribution in [0.3, 0.4) is 0 Å². The van der Waals surface area contributed by atoms with Gasteiger partial charge < -0.3 is 10.5 Å². The summed E-state index contributed by atoms with van der Waals surface area (Å²) >= 11 is 0. The van der Waals surface area contributed by atoms with E-state index in [-0.39, 0.29) is 6.04 Å². The van der Waals surface area contributed by atoms with E-state index < -0.39 is 0 Å². The van der Waals surface area contributed by atoms with E-state index in [1.54, 1.807) is 0 Å². The van der Waals surface area contributed by atoms with Crippen LogP contribution >= 0.6 is 0 Å². The molecule has 19 heavy (non-hydrogen) atoms. The van der Waals surface area contributed by atoms with E-state index >= 15 is 0 Å². The van der Waals surface area contributed by atoms with E-state index in [0.29, 0.717) is 12.0 Å². The number of rotatable bonds is 5. The molecule has 1 heterocycles. The molecule has 1 aromatic carbocycles. The second kappa shape index (κ2) is 7.06. The first-order valence-electron chi connectivity index (χ1n) is 7.64. The molecule has 2 unspecified atom stereocenters. The standard InChI is InChI=1S/C17H27NO/c1-13(2)14-6-8-15(9-7-14)17(18)11-10-16-5-3-4-12-19-16/h6-9,13,16-17H,3-5,10-12,18H2,1-2H3. The van der Waals surface area contributed by atoms with Crippen molar-refractivity contribution < 1.29 is 4.74 Å². The van der Waals surface area contributed by atoms with Crippen LogP contribution < -0.4 is 5.73 Å². The van der Waals surface area contributed by atoms with Crippen LogP contribution in [0.25, 0.3) is 0 Å². The van der Waals surface area contributed by atoms with Gasteiger partial charge in [0.05, 0.1) is 6.10 Å². The number of benzene rings is 1. The Balaban J connectivity index is 1.83. The van der Waals surface area contributed by atoms with Gasteiger partial charge in [0, 0.05) is 12.6 Å². The molecule has 0 radical (unpaired) electrons. The summed E-state index contributed by atoms with van der Waals surface area (Å²) in [7, 11) is 0. The van der Waals surface area contributed by atoms with Gasteiger partial charge in [0.2, 0.25) is 0 Å². The van der Waals surface area contributed by atoms with E-state index in [2.05, 4.69) is 38.1 Å². The lowest BCUT2D eigenvalue weighted by atomic mass is 9.95. The Labute approximate surface area is 117 Å². The Kier molecular flexibility index (Phi) is 5.41. The third kappa shape index (κ3) is 4.32. The smallest absolute Gasteiger partial charge is 0.0575 e. The maximum Gasteiger partial charge on any atom is 0.0575 e. The first-order valence-corrected chi connectivity index (χ1v) is 7.64. The summed E-state index contributed by atoms with van der Waals surface area (Å²) in [6, 6.07) is 8.92. The minimum Gasteiger partial charge on any atom is -0.378 e. The second-order valence-corrected chi connectivity index (χ2v) is 5.99. The fourth-order valence-corrected chi connectivity index (χ4v) is 2.70. The topological polar surface area (TPSA) is 35.2 Å². The van der Waals surface area contributed by atoms with E-state index in [4.69, 9.17) is 10.5 Å². The number of hydrogen-bond donors (Lipinski definition) is 1. The molecule has 1 saturated heterocycles. The van der Waals surface area contributed by atoms with Crippen molar-refractivity contribution in [2.75, 3.05) is 6.61 Å². The Morgan fingerprint density at radius 3 is 2.42 bits per heavy atom. The van der Waals surface area contributed by atoms with E-state index in [1.807, 2.05) is 0 Å². The van der Waals surface area contributed by atoms with Gasteiger partial charge in [-0.1, -0.05) is 38.1 Å². The molecule has 0 bridgehead atoms. The molecule has 2 nitrogen and oxygen atoms in total. The zero-order valence-corrected chi connectivity index (χ0v) is 12.3. The molecule has 2 heteroatoms. The van der Waals surface area contributed by atoms with Gasteiger partial charge in [-0.05, 0) is 49.1 Å². The SMILES string of the molecule is CC(C)c1ccc(C(N)CCC2CCCCO2)cc1. The lowest BCUT2D eigenvalue weighted by Gasteiger charge is -2.24. The third-order valence-electron chi connectivity index (χ3n) is 4.10. The van der Waals surface area contributed by atoms with Crippen LogP contribution in [0.15, 0.2) is 24.3 Å². The predicted octanol–water partition coefficient (Wildman–Crippen LogP) is 4.16. The van der Waals surface area contributed by atoms with Crippen molar-refractivity contribution in [1.82, 2.24) is 0 Å². The Bertz CT molecular complexity index is 365. The third-order valence-corrected chi connectivity index (χ3v) is 4.10. The fourth-order valence-electron chi connectivity index (χ4n) is 2.70. The van der Waals surface area contributed by atoms with E-state index in [1.165, 1.54) is 30.4 Å². The minimum atomic E-state index is 0.145. The van der Waals surface area contributed by atoms with Gasteiger partial charge in [0.1, 0.15) is 0 Å². The molecule has 1 fully saturated rings. The molecule has 1 aromatic rings. The van der Waals surface area contributed by atoms with Gasteiger partial charge in [-0.15, -0.1) is 0 Å². The predicted molar refractivity (Wildman–Crippen MR) is 80.3 cm³/mol. The molecule has 0 aliphatic carbocycles. The van der Waals surface area contributed by atoms with Gasteiger partial charge in [0.25, 0.3) is 0 Å². The molecular weight excluding hydrogens is 234 g/mol. The van der Waals surface area contributed by atoms with Crippen LogP contribution in [-0.2, 0) is 4.74 Å². The molecule has 2 N–H and O–H groups in total. The van der Waals surface area contributed by atoms with Crippen molar-refractivity contribution in [2.24, 2.45) is 5.73 Å². The molecule has 0 amide bonds. The van der Waals surface area contributed by atoms with Crippen molar-refractivity contribution >= 4 is 0 Å². The summed E-state index contributed by atoms with van der Waals surface area (Å²) in [6.45, 7) is 5.37. The molecule has 1 aliphatic heterocycles. The minimum absolute atomic E-state index is 0.145. The summed E-state index contributed by atoms with van der Waals surface area (Å²) in [6.07, 6.45) is 6.29. The Morgan fingerprint density at radius 1 is 1.16 bits per heavy atom. The Morgan fingerprint density at radius 2 is 1.84 bits per heavy atom. The second-order valence-electron chi connectivity index (χ2n) is 5.99. The highest BCUT2D eigenvalue weighted by Crippen LogP contribution is 2.23. The van der Waals surface area contributed by atoms with Gasteiger partial charge in [-0.2, -0.15) is 0 Å². The summed E-state index contributed by atoms with van der Waals surface area (Å²) in [5, 5.41) is 0. The molecule has 0 spiro atoms. The largest absolute Gasteiger partial charge is 0.378 e. The van der Waals surface area contributed by atoms with Crippen molar-refractivity contribution in [3.8, 4) is 0 Å². The first kappa shape index (κ1) is 14.5. The maximum absolute atomic E-state index is 6.28. The molecule has 0 aromatic heterocycles. The summed E-state index contributed by atoms with van der Waals surface area (Å²) in [5.41, 5.74) is 8.91. The highest BCUT2D eigenvalue weighted by molar-refractivity contribution is 5.26. The van der Waals surface area contributed by atoms with Crippen molar-refractivity contribution in [3.05, 3.63) is 35.4 Å². The quantitative estimate of drug-likeness (QED) is 0.863. The first-order chi connectivity index (χ1) is 9.16. The van der Waals surface area contributed by atoms with Crippen molar-refractivity contribution in [2.45, 2.75) is 64.0 Å². The van der Waals surface area contributed by atoms with E-state index in [0.717, 1.165) is 19.4 Å². The number of hydrogen-bond acceptors (Lipinski definition) is 2. The van der Waals surface area contributed by atoms with Gasteiger partial charge in [-0.3, -0.25) is 0 Å². The van der Waals surface area contributed by atoms with Crippen molar-refractivity contribution in [3.63, 3.8) is 0 Å². The molecule has 1 aliphatic rings.